The zero-order valence-corrected chi connectivity index (χ0v) is 24.0. The van der Waals surface area contributed by atoms with Gasteiger partial charge in [-0.15, -0.1) is 0 Å². The molecular formula is C32H28F5N3O5. The molecule has 0 spiro atoms. The van der Waals surface area contributed by atoms with Crippen LogP contribution in [-0.4, -0.2) is 37.8 Å². The third-order valence-corrected chi connectivity index (χ3v) is 7.07. The van der Waals surface area contributed by atoms with Crippen molar-refractivity contribution in [3.63, 3.8) is 0 Å². The molecule has 1 amide bonds. The number of hydrogen-bond donors (Lipinski definition) is 3. The van der Waals surface area contributed by atoms with Gasteiger partial charge >= 0.3 is 18.1 Å². The molecule has 3 aromatic carbocycles. The van der Waals surface area contributed by atoms with E-state index in [9.17, 15) is 37.1 Å². The van der Waals surface area contributed by atoms with Crippen LogP contribution in [0.3, 0.4) is 0 Å². The topological polar surface area (TPSA) is 122 Å². The normalized spacial score (nSPS) is 13.5. The highest BCUT2D eigenvalue weighted by molar-refractivity contribution is 6.03. The maximum Gasteiger partial charge on any atom is 0.416 e. The first kappa shape index (κ1) is 32.8. The smallest absolute Gasteiger partial charge is 0.416 e. The number of nitrogens with zero attached hydrogens (tertiary/aromatic N) is 2. The highest BCUT2D eigenvalue weighted by Crippen LogP contribution is 2.50. The number of carboxylic acids is 2. The monoisotopic (exact) mass is 629 g/mol. The van der Waals surface area contributed by atoms with Crippen molar-refractivity contribution in [1.29, 1.82) is 0 Å². The average Bonchev–Trinajstić information content (AvgIpc) is 3.65. The molecule has 1 aliphatic rings. The van der Waals surface area contributed by atoms with E-state index in [0.717, 1.165) is 18.2 Å². The van der Waals surface area contributed by atoms with Gasteiger partial charge in [-0.3, -0.25) is 9.48 Å². The van der Waals surface area contributed by atoms with Crippen LogP contribution in [-0.2, 0) is 22.9 Å². The number of carbonyl (C=O) groups is 3. The summed E-state index contributed by atoms with van der Waals surface area (Å²) in [5, 5.41) is 24.6. The highest BCUT2D eigenvalue weighted by Gasteiger charge is 2.53. The summed E-state index contributed by atoms with van der Waals surface area (Å²) in [4.78, 5) is 35.1. The van der Waals surface area contributed by atoms with Gasteiger partial charge in [-0.1, -0.05) is 38.1 Å². The van der Waals surface area contributed by atoms with Crippen molar-refractivity contribution >= 4 is 23.5 Å². The number of alkyl halides is 3. The van der Waals surface area contributed by atoms with Crippen LogP contribution in [0.25, 0.3) is 11.1 Å². The summed E-state index contributed by atoms with van der Waals surface area (Å²) in [6, 6.07) is 12.3. The van der Waals surface area contributed by atoms with Gasteiger partial charge in [-0.25, -0.2) is 18.4 Å². The Hall–Kier alpha value is -5.07. The Morgan fingerprint density at radius 3 is 2.13 bits per heavy atom. The molecule has 0 atom stereocenters. The van der Waals surface area contributed by atoms with Crippen LogP contribution >= 0.6 is 0 Å². The molecule has 0 unspecified atom stereocenters. The first-order valence-electron chi connectivity index (χ1n) is 13.7. The van der Waals surface area contributed by atoms with Gasteiger partial charge in [0.15, 0.2) is 0 Å². The number of aromatic nitrogens is 2. The standard InChI is InChI=1S/C25H22F5N3O3.C7H6O2/c1-13(2)11-33-12-14(10-31-33)21-17(22(34)35)8-16(9-20(21)27)32-23(36)24(5-6-24)18-4-3-15(7-19(18)26)25(28,29)30;8-7(9)6-4-2-1-3-5-6/h3-4,7-10,12-13H,5-6,11H2,1-2H3,(H,32,36)(H,34,35);1-5H,(H,8,9). The number of amides is 1. The van der Waals surface area contributed by atoms with Crippen LogP contribution in [0.2, 0.25) is 0 Å². The number of anilines is 1. The summed E-state index contributed by atoms with van der Waals surface area (Å²) < 4.78 is 69.9. The maximum absolute atomic E-state index is 15.1. The van der Waals surface area contributed by atoms with Crippen molar-refractivity contribution in [1.82, 2.24) is 9.78 Å². The third kappa shape index (κ3) is 7.54. The van der Waals surface area contributed by atoms with Crippen LogP contribution in [0.4, 0.5) is 27.6 Å². The highest BCUT2D eigenvalue weighted by atomic mass is 19.4. The molecule has 1 saturated carbocycles. The van der Waals surface area contributed by atoms with Crippen LogP contribution < -0.4 is 5.32 Å². The zero-order chi connectivity index (χ0) is 33.1. The summed E-state index contributed by atoms with van der Waals surface area (Å²) in [5.74, 6) is -4.93. The Bertz CT molecular complexity index is 1730. The molecule has 5 rings (SSSR count). The largest absolute Gasteiger partial charge is 0.478 e. The van der Waals surface area contributed by atoms with Crippen LogP contribution in [0.15, 0.2) is 73.1 Å². The molecule has 45 heavy (non-hydrogen) atoms. The van der Waals surface area contributed by atoms with E-state index in [1.165, 1.54) is 12.4 Å². The van der Waals surface area contributed by atoms with Crippen molar-refractivity contribution < 1.29 is 46.5 Å². The third-order valence-electron chi connectivity index (χ3n) is 7.07. The Morgan fingerprint density at radius 1 is 0.956 bits per heavy atom. The molecule has 0 saturated heterocycles. The second-order valence-corrected chi connectivity index (χ2v) is 10.9. The molecule has 0 bridgehead atoms. The van der Waals surface area contributed by atoms with Gasteiger partial charge in [0, 0.05) is 35.1 Å². The van der Waals surface area contributed by atoms with Crippen molar-refractivity contribution in [2.45, 2.75) is 44.8 Å². The predicted molar refractivity (Wildman–Crippen MR) is 154 cm³/mol. The lowest BCUT2D eigenvalue weighted by Crippen LogP contribution is -2.29. The number of nitrogens with one attached hydrogen (secondary N) is 1. The number of halogens is 5. The Balaban J connectivity index is 0.000000440. The number of carboxylic acid groups (broad SMARTS) is 2. The second kappa shape index (κ2) is 12.9. The molecular weight excluding hydrogens is 601 g/mol. The molecule has 1 aromatic heterocycles. The van der Waals surface area contributed by atoms with E-state index in [0.29, 0.717) is 24.2 Å². The minimum atomic E-state index is -4.74. The van der Waals surface area contributed by atoms with E-state index in [2.05, 4.69) is 10.4 Å². The van der Waals surface area contributed by atoms with Crippen LogP contribution in [0, 0.1) is 17.6 Å². The van der Waals surface area contributed by atoms with E-state index in [1.807, 2.05) is 13.8 Å². The number of hydrogen-bond acceptors (Lipinski definition) is 4. The van der Waals surface area contributed by atoms with Crippen LogP contribution in [0.1, 0.15) is 58.5 Å². The first-order valence-corrected chi connectivity index (χ1v) is 13.7. The quantitative estimate of drug-likeness (QED) is 0.177. The van der Waals surface area contributed by atoms with Crippen molar-refractivity contribution in [3.8, 4) is 11.1 Å². The first-order chi connectivity index (χ1) is 21.1. The van der Waals surface area contributed by atoms with E-state index in [4.69, 9.17) is 5.11 Å². The molecule has 1 heterocycles. The second-order valence-electron chi connectivity index (χ2n) is 10.9. The minimum Gasteiger partial charge on any atom is -0.478 e. The SMILES string of the molecule is CC(C)Cn1cc(-c2c(F)cc(NC(=O)C3(c4ccc(C(F)(F)F)cc4F)CC3)cc2C(=O)O)cn1.O=C(O)c1ccccc1. The minimum absolute atomic E-state index is 0.169. The van der Waals surface area contributed by atoms with Gasteiger partial charge in [0.05, 0.1) is 28.3 Å². The molecule has 8 nitrogen and oxygen atoms in total. The number of benzene rings is 3. The van der Waals surface area contributed by atoms with Gasteiger partial charge in [0.1, 0.15) is 11.6 Å². The van der Waals surface area contributed by atoms with Crippen molar-refractivity contribution in [3.05, 3.63) is 107 Å². The molecule has 13 heteroatoms. The molecule has 0 radical (unpaired) electrons. The fourth-order valence-corrected chi connectivity index (χ4v) is 4.76. The Kier molecular flexibility index (Phi) is 9.40. The molecule has 1 fully saturated rings. The Morgan fingerprint density at radius 2 is 1.62 bits per heavy atom. The van der Waals surface area contributed by atoms with Gasteiger partial charge in [0.2, 0.25) is 5.91 Å². The lowest BCUT2D eigenvalue weighted by Gasteiger charge is -2.18. The number of carbonyl (C=O) groups excluding carboxylic acids is 1. The van der Waals surface area contributed by atoms with Gasteiger partial charge in [-0.05, 0) is 55.2 Å². The molecule has 236 valence electrons. The van der Waals surface area contributed by atoms with Crippen molar-refractivity contribution in [2.75, 3.05) is 5.32 Å². The van der Waals surface area contributed by atoms with Crippen molar-refractivity contribution in [2.24, 2.45) is 5.92 Å². The van der Waals surface area contributed by atoms with E-state index in [-0.39, 0.29) is 41.1 Å². The zero-order valence-electron chi connectivity index (χ0n) is 24.0. The number of rotatable bonds is 8. The maximum atomic E-state index is 15.1. The average molecular weight is 630 g/mol. The predicted octanol–water partition coefficient (Wildman–Crippen LogP) is 7.26. The van der Waals surface area contributed by atoms with Crippen LogP contribution in [0.5, 0.6) is 0 Å². The Labute approximate surface area is 254 Å². The van der Waals surface area contributed by atoms with E-state index >= 15 is 4.39 Å². The van der Waals surface area contributed by atoms with Gasteiger partial charge < -0.3 is 15.5 Å². The van der Waals surface area contributed by atoms with Gasteiger partial charge in [-0.2, -0.15) is 18.3 Å². The summed E-state index contributed by atoms with van der Waals surface area (Å²) in [6.45, 7) is 4.47. The molecule has 3 N–H and O–H groups in total. The van der Waals surface area contributed by atoms with E-state index < -0.39 is 52.2 Å². The molecule has 1 aliphatic carbocycles. The lowest BCUT2D eigenvalue weighted by molar-refractivity contribution is -0.137. The molecule has 4 aromatic rings. The van der Waals surface area contributed by atoms with Gasteiger partial charge in [0.25, 0.3) is 0 Å². The number of aromatic carboxylic acids is 2. The fraction of sp³-hybridized carbons (Fsp3) is 0.250. The lowest BCUT2D eigenvalue weighted by atomic mass is 9.93. The molecule has 0 aliphatic heterocycles. The summed E-state index contributed by atoms with van der Waals surface area (Å²) in [7, 11) is 0. The van der Waals surface area contributed by atoms with E-state index in [1.54, 1.807) is 35.0 Å². The summed E-state index contributed by atoms with van der Waals surface area (Å²) in [6.07, 6.45) is -1.53. The fourth-order valence-electron chi connectivity index (χ4n) is 4.76. The summed E-state index contributed by atoms with van der Waals surface area (Å²) in [5.41, 5.74) is -3.03. The summed E-state index contributed by atoms with van der Waals surface area (Å²) >= 11 is 0.